The van der Waals surface area contributed by atoms with Gasteiger partial charge < -0.3 is 92.5 Å². The topological polar surface area (TPSA) is 316 Å². The molecule has 4 aliphatic rings. The summed E-state index contributed by atoms with van der Waals surface area (Å²) < 4.78 is 63.6. The van der Waals surface area contributed by atoms with Crippen molar-refractivity contribution in [2.75, 3.05) is 34.9 Å². The molecule has 3 fully saturated rings. The number of ketones is 1. The number of hydrogen-bond acceptors (Lipinski definition) is 19. The minimum atomic E-state index is -4.64. The first kappa shape index (κ1) is 61.1. The van der Waals surface area contributed by atoms with Crippen LogP contribution < -0.4 is 0 Å². The fraction of sp³-hybridized carbons (Fsp3) is 0.848. The lowest BCUT2D eigenvalue weighted by molar-refractivity contribution is -0.341. The highest BCUT2D eigenvalue weighted by Gasteiger charge is 2.52. The average Bonchev–Trinajstić information content (AvgIpc) is 3.25. The molecule has 8 N–H and O–H groups in total. The molecule has 0 aliphatic carbocycles. The summed E-state index contributed by atoms with van der Waals surface area (Å²) in [5.74, 6) is -3.59. The molecule has 400 valence electrons. The van der Waals surface area contributed by atoms with E-state index in [1.807, 2.05) is 19.9 Å². The number of cyclic esters (lactones) is 1. The molecule has 0 aromatic rings. The lowest BCUT2D eigenvalue weighted by Crippen LogP contribution is -2.65. The van der Waals surface area contributed by atoms with E-state index in [0.29, 0.717) is 12.0 Å². The van der Waals surface area contributed by atoms with Gasteiger partial charge in [-0.3, -0.25) is 9.59 Å². The lowest BCUT2D eigenvalue weighted by Gasteiger charge is -2.50. The molecule has 21 atom stereocenters. The van der Waals surface area contributed by atoms with E-state index < -0.39 is 148 Å². The normalized spacial score (nSPS) is 43.5. The number of allylic oxidation sites excluding steroid dienone is 3. The lowest BCUT2D eigenvalue weighted by atomic mass is 9.79. The van der Waals surface area contributed by atoms with Gasteiger partial charge in [-0.05, 0) is 73.5 Å². The molecule has 0 aromatic carbocycles. The van der Waals surface area contributed by atoms with Crippen molar-refractivity contribution in [3.8, 4) is 0 Å². The Labute approximate surface area is 405 Å². The summed E-state index contributed by atoms with van der Waals surface area (Å²) in [5, 5.41) is 55.8. The predicted octanol–water partition coefficient (Wildman–Crippen LogP) is 0.905. The fourth-order valence-corrected chi connectivity index (χ4v) is 9.51. The number of aldehydes is 1. The van der Waals surface area contributed by atoms with Gasteiger partial charge in [0.25, 0.3) is 0 Å². The highest BCUT2D eigenvalue weighted by Crippen LogP contribution is 2.38. The summed E-state index contributed by atoms with van der Waals surface area (Å²) in [4.78, 5) is 63.1. The standard InChI is InChI=1S/C46H77NO17.H3O4P/c1-13-33-30(22-58-45-42(57-12)41(56-11)37(52)26(5)60-45)18-23(2)14-15-31(49)24(3)19-29(16-17-48)39(25(4)32(50)20-34(51)62-33)64-44-38(53)36(47(9)10)40(27(6)61-44)63-35-21-46(8,55)43(54)28(7)59-35;1-5(2,3)4/h14-15,17-18,24-30,32-33,35-45,50,52-55H,13,16,19-22H2,1-12H3;(H3,1,2,3,4)/b15-14-,23-18+;. The van der Waals surface area contributed by atoms with E-state index >= 15 is 0 Å². The van der Waals surface area contributed by atoms with Gasteiger partial charge >= 0.3 is 13.8 Å². The number of aliphatic hydroxyl groups excluding tert-OH is 4. The first-order valence-electron chi connectivity index (χ1n) is 23.5. The van der Waals surface area contributed by atoms with Crippen molar-refractivity contribution in [2.24, 2.45) is 23.7 Å². The second-order valence-corrected chi connectivity index (χ2v) is 20.3. The zero-order valence-electron chi connectivity index (χ0n) is 41.9. The first-order valence-corrected chi connectivity index (χ1v) is 25.0. The maximum Gasteiger partial charge on any atom is 0.466 e. The number of carbonyl (C=O) groups is 3. The highest BCUT2D eigenvalue weighted by molar-refractivity contribution is 7.45. The van der Waals surface area contributed by atoms with E-state index in [4.69, 9.17) is 61.9 Å². The number of methoxy groups -OCH3 is 2. The third-order valence-electron chi connectivity index (χ3n) is 13.4. The molecule has 21 unspecified atom stereocenters. The molecule has 23 heteroatoms. The smallest absolute Gasteiger partial charge is 0.462 e. The van der Waals surface area contributed by atoms with Gasteiger partial charge in [-0.1, -0.05) is 38.5 Å². The second-order valence-electron chi connectivity index (χ2n) is 19.3. The Kier molecular flexibility index (Phi) is 24.1. The number of hydrogen-bond donors (Lipinski definition) is 8. The van der Waals surface area contributed by atoms with Crippen LogP contribution in [-0.2, 0) is 61.6 Å². The van der Waals surface area contributed by atoms with Crippen molar-refractivity contribution >= 4 is 25.9 Å². The Balaban J connectivity index is 0.00000239. The van der Waals surface area contributed by atoms with Crippen LogP contribution in [0.2, 0.25) is 0 Å². The third-order valence-corrected chi connectivity index (χ3v) is 13.4. The molecule has 3 saturated heterocycles. The summed E-state index contributed by atoms with van der Waals surface area (Å²) in [5.41, 5.74) is -0.806. The van der Waals surface area contributed by atoms with Gasteiger partial charge in [-0.25, -0.2) is 4.57 Å². The van der Waals surface area contributed by atoms with Crippen LogP contribution in [0.4, 0.5) is 0 Å². The second kappa shape index (κ2) is 27.2. The molecule has 69 heavy (non-hydrogen) atoms. The number of nitrogens with zero attached hydrogens (tertiary/aromatic N) is 1. The van der Waals surface area contributed by atoms with Crippen LogP contribution in [-0.4, -0.2) is 202 Å². The number of carbonyl (C=O) groups excluding carboxylic acids is 3. The molecule has 4 heterocycles. The molecule has 0 spiro atoms. The monoisotopic (exact) mass is 1010 g/mol. The summed E-state index contributed by atoms with van der Waals surface area (Å²) in [7, 11) is 1.79. The minimum Gasteiger partial charge on any atom is -0.462 e. The molecule has 4 aliphatic heterocycles. The number of likely N-dealkylation sites (N-methyl/N-ethyl adjacent to an activating group) is 1. The van der Waals surface area contributed by atoms with Crippen LogP contribution in [0.15, 0.2) is 23.8 Å². The number of esters is 1. The van der Waals surface area contributed by atoms with E-state index in [0.717, 1.165) is 6.29 Å². The van der Waals surface area contributed by atoms with Crippen molar-refractivity contribution in [2.45, 2.75) is 191 Å². The number of phosphoric acid groups is 1. The van der Waals surface area contributed by atoms with Crippen LogP contribution in [0.1, 0.15) is 87.5 Å². The fourth-order valence-electron chi connectivity index (χ4n) is 9.51. The van der Waals surface area contributed by atoms with Crippen molar-refractivity contribution < 1.29 is 102 Å². The van der Waals surface area contributed by atoms with Crippen molar-refractivity contribution in [3.63, 3.8) is 0 Å². The van der Waals surface area contributed by atoms with E-state index in [1.165, 1.54) is 27.2 Å². The van der Waals surface area contributed by atoms with Gasteiger partial charge in [0.05, 0.1) is 55.2 Å². The molecule has 0 bridgehead atoms. The Morgan fingerprint density at radius 3 is 2.01 bits per heavy atom. The molecule has 0 aromatic heterocycles. The predicted molar refractivity (Wildman–Crippen MR) is 245 cm³/mol. The first-order chi connectivity index (χ1) is 32.1. The van der Waals surface area contributed by atoms with Gasteiger partial charge in [-0.15, -0.1) is 0 Å². The van der Waals surface area contributed by atoms with E-state index in [2.05, 4.69) is 0 Å². The molecule has 0 saturated carbocycles. The highest BCUT2D eigenvalue weighted by atomic mass is 31.2. The SMILES string of the molecule is CCC1OC(=O)CC(O)C(C)C(OC2OC(C)C(OC3CC(C)(O)C(O)C(C)O3)C(N(C)C)C2O)C(CC=O)CC(C)C(=O)/C=C\C(C)=C\C1COC1OC(C)C(O)C(OC)C1OC.O=P(O)(O)O. The third kappa shape index (κ3) is 17.5. The Morgan fingerprint density at radius 2 is 1.46 bits per heavy atom. The summed E-state index contributed by atoms with van der Waals surface area (Å²) in [6.07, 6.45) is -8.49. The summed E-state index contributed by atoms with van der Waals surface area (Å²) in [6, 6.07) is -0.748. The van der Waals surface area contributed by atoms with Gasteiger partial charge in [0, 0.05) is 44.8 Å². The molecule has 0 amide bonds. The number of ether oxygens (including phenoxy) is 9. The Bertz CT molecular complexity index is 1720. The average molecular weight is 1010 g/mol. The Morgan fingerprint density at radius 1 is 0.855 bits per heavy atom. The van der Waals surface area contributed by atoms with Crippen LogP contribution >= 0.6 is 7.82 Å². The summed E-state index contributed by atoms with van der Waals surface area (Å²) >= 11 is 0. The Hall–Kier alpha value is -2.16. The van der Waals surface area contributed by atoms with Gasteiger partial charge in [0.15, 0.2) is 24.7 Å². The molecule has 0 radical (unpaired) electrons. The van der Waals surface area contributed by atoms with E-state index in [1.54, 1.807) is 59.7 Å². The maximum absolute atomic E-state index is 13.8. The largest absolute Gasteiger partial charge is 0.466 e. The van der Waals surface area contributed by atoms with Crippen molar-refractivity contribution in [3.05, 3.63) is 23.8 Å². The molecule has 4 rings (SSSR count). The van der Waals surface area contributed by atoms with Gasteiger partial charge in [0.1, 0.15) is 49.0 Å². The maximum atomic E-state index is 13.8. The van der Waals surface area contributed by atoms with E-state index in [-0.39, 0.29) is 31.7 Å². The summed E-state index contributed by atoms with van der Waals surface area (Å²) in [6.45, 7) is 13.6. The van der Waals surface area contributed by atoms with Gasteiger partial charge in [0.2, 0.25) is 0 Å². The number of aliphatic hydroxyl groups is 5. The zero-order chi connectivity index (χ0) is 52.3. The molecular weight excluding hydrogens is 933 g/mol. The van der Waals surface area contributed by atoms with Crippen LogP contribution in [0.3, 0.4) is 0 Å². The number of rotatable bonds is 13. The molecular formula is C46H80NO21P. The van der Waals surface area contributed by atoms with Crippen molar-refractivity contribution in [1.82, 2.24) is 4.90 Å². The van der Waals surface area contributed by atoms with Gasteiger partial charge in [-0.2, -0.15) is 0 Å². The van der Waals surface area contributed by atoms with Crippen molar-refractivity contribution in [1.29, 1.82) is 0 Å². The zero-order valence-corrected chi connectivity index (χ0v) is 42.8. The molecule has 22 nitrogen and oxygen atoms in total. The van der Waals surface area contributed by atoms with Crippen LogP contribution in [0.5, 0.6) is 0 Å². The minimum absolute atomic E-state index is 0.00788. The van der Waals surface area contributed by atoms with Crippen LogP contribution in [0.25, 0.3) is 0 Å². The quantitative estimate of drug-likeness (QED) is 0.0722. The van der Waals surface area contributed by atoms with Crippen LogP contribution in [0, 0.1) is 23.7 Å². The van der Waals surface area contributed by atoms with E-state index in [9.17, 15) is 39.9 Å².